The molecule has 2 rings (SSSR count). The number of hydrogen-bond acceptors (Lipinski definition) is 4. The minimum Gasteiger partial charge on any atom is -0.375 e. The van der Waals surface area contributed by atoms with E-state index in [1.165, 1.54) is 0 Å². The van der Waals surface area contributed by atoms with Gasteiger partial charge in [0.1, 0.15) is 11.5 Å². The van der Waals surface area contributed by atoms with Crippen molar-refractivity contribution >= 4 is 11.4 Å². The first kappa shape index (κ1) is 13.9. The summed E-state index contributed by atoms with van der Waals surface area (Å²) < 4.78 is 28.2. The van der Waals surface area contributed by atoms with Crippen LogP contribution in [0.25, 0.3) is 0 Å². The molecule has 2 aromatic rings. The highest BCUT2D eigenvalue weighted by atomic mass is 19.1. The number of nitro groups is 1. The number of nitro benzene ring substituents is 1. The normalized spacial score (nSPS) is 10.6. The van der Waals surface area contributed by atoms with E-state index in [9.17, 15) is 18.9 Å². The summed E-state index contributed by atoms with van der Waals surface area (Å²) in [4.78, 5) is 9.94. The van der Waals surface area contributed by atoms with Crippen molar-refractivity contribution in [2.24, 2.45) is 7.05 Å². The molecule has 0 atom stereocenters. The Morgan fingerprint density at radius 3 is 2.70 bits per heavy atom. The number of anilines is 1. The number of hydrogen-bond donors (Lipinski definition) is 1. The summed E-state index contributed by atoms with van der Waals surface area (Å²) >= 11 is 0. The van der Waals surface area contributed by atoms with Crippen LogP contribution in [0.1, 0.15) is 11.3 Å². The fraction of sp³-hybridized carbons (Fsp3) is 0.250. The van der Waals surface area contributed by atoms with Crippen LogP contribution in [-0.4, -0.2) is 14.7 Å². The predicted molar refractivity (Wildman–Crippen MR) is 68.3 cm³/mol. The first-order valence-electron chi connectivity index (χ1n) is 5.75. The molecule has 0 saturated carbocycles. The topological polar surface area (TPSA) is 73.0 Å². The molecule has 0 aliphatic carbocycles. The summed E-state index contributed by atoms with van der Waals surface area (Å²) in [7, 11) is 1.75. The van der Waals surface area contributed by atoms with E-state index in [0.29, 0.717) is 6.07 Å². The lowest BCUT2D eigenvalue weighted by Crippen LogP contribution is -2.06. The highest BCUT2D eigenvalue weighted by molar-refractivity contribution is 5.62. The van der Waals surface area contributed by atoms with E-state index in [0.717, 1.165) is 17.3 Å². The Morgan fingerprint density at radius 1 is 1.45 bits per heavy atom. The van der Waals surface area contributed by atoms with Gasteiger partial charge in [-0.15, -0.1) is 0 Å². The van der Waals surface area contributed by atoms with Gasteiger partial charge in [-0.05, 0) is 6.92 Å². The van der Waals surface area contributed by atoms with Crippen LogP contribution in [0.3, 0.4) is 0 Å². The van der Waals surface area contributed by atoms with E-state index in [-0.39, 0.29) is 12.2 Å². The largest absolute Gasteiger partial charge is 0.375 e. The summed E-state index contributed by atoms with van der Waals surface area (Å²) in [6, 6.07) is 1.38. The van der Waals surface area contributed by atoms with Crippen LogP contribution in [0.4, 0.5) is 20.2 Å². The van der Waals surface area contributed by atoms with Crippen molar-refractivity contribution in [2.75, 3.05) is 5.32 Å². The molecule has 1 heterocycles. The Morgan fingerprint density at radius 2 is 2.15 bits per heavy atom. The monoisotopic (exact) mass is 282 g/mol. The highest BCUT2D eigenvalue weighted by Crippen LogP contribution is 2.29. The minimum atomic E-state index is -1.21. The van der Waals surface area contributed by atoms with Crippen molar-refractivity contribution in [3.05, 3.63) is 51.3 Å². The van der Waals surface area contributed by atoms with Crippen molar-refractivity contribution in [1.82, 2.24) is 9.78 Å². The molecule has 0 aliphatic heterocycles. The van der Waals surface area contributed by atoms with Gasteiger partial charge in [0.05, 0.1) is 11.1 Å². The Hall–Kier alpha value is -2.51. The zero-order chi connectivity index (χ0) is 14.9. The molecule has 0 bridgehead atoms. The number of nitrogens with zero attached hydrogens (tertiary/aromatic N) is 3. The molecule has 0 aliphatic rings. The quantitative estimate of drug-likeness (QED) is 0.690. The lowest BCUT2D eigenvalue weighted by molar-refractivity contribution is -0.386. The predicted octanol–water partition coefficient (Wildman–Crippen LogP) is 2.53. The Bertz CT molecular complexity index is 670. The van der Waals surface area contributed by atoms with Gasteiger partial charge in [0, 0.05) is 37.0 Å². The van der Waals surface area contributed by atoms with E-state index in [1.54, 1.807) is 17.9 Å². The second kappa shape index (κ2) is 5.24. The summed E-state index contributed by atoms with van der Waals surface area (Å²) in [5, 5.41) is 17.5. The standard InChI is InChI=1S/C12H12F2N4O2/c1-7-8(6-16-17(7)2)5-15-11-4-9(13)3-10(14)12(11)18(19)20/h3-4,6,15H,5H2,1-2H3. The molecule has 0 radical (unpaired) electrons. The van der Waals surface area contributed by atoms with Gasteiger partial charge in [0.2, 0.25) is 5.82 Å². The smallest absolute Gasteiger partial charge is 0.327 e. The van der Waals surface area contributed by atoms with Crippen LogP contribution in [0.2, 0.25) is 0 Å². The lowest BCUT2D eigenvalue weighted by atomic mass is 10.2. The molecule has 1 N–H and O–H groups in total. The molecule has 1 aromatic carbocycles. The van der Waals surface area contributed by atoms with Crippen molar-refractivity contribution in [1.29, 1.82) is 0 Å². The van der Waals surface area contributed by atoms with Crippen molar-refractivity contribution in [2.45, 2.75) is 13.5 Å². The number of rotatable bonds is 4. The molecule has 0 amide bonds. The molecule has 0 saturated heterocycles. The molecule has 20 heavy (non-hydrogen) atoms. The molecular weight excluding hydrogens is 270 g/mol. The van der Waals surface area contributed by atoms with Gasteiger partial charge >= 0.3 is 5.69 Å². The second-order valence-corrected chi connectivity index (χ2v) is 4.27. The first-order valence-corrected chi connectivity index (χ1v) is 5.75. The lowest BCUT2D eigenvalue weighted by Gasteiger charge is -2.07. The Balaban J connectivity index is 2.29. The molecular formula is C12H12F2N4O2. The van der Waals surface area contributed by atoms with E-state index in [2.05, 4.69) is 10.4 Å². The molecule has 0 spiro atoms. The van der Waals surface area contributed by atoms with Crippen molar-refractivity contribution in [3.63, 3.8) is 0 Å². The maximum Gasteiger partial charge on any atom is 0.327 e. The van der Waals surface area contributed by atoms with Crippen molar-refractivity contribution < 1.29 is 13.7 Å². The number of benzene rings is 1. The molecule has 0 fully saturated rings. The summed E-state index contributed by atoms with van der Waals surface area (Å²) in [5.74, 6) is -2.08. The van der Waals surface area contributed by atoms with E-state index >= 15 is 0 Å². The van der Waals surface area contributed by atoms with Gasteiger partial charge < -0.3 is 5.32 Å². The third kappa shape index (κ3) is 2.58. The van der Waals surface area contributed by atoms with Gasteiger partial charge in [-0.25, -0.2) is 4.39 Å². The zero-order valence-corrected chi connectivity index (χ0v) is 10.9. The van der Waals surface area contributed by atoms with Crippen LogP contribution in [0.15, 0.2) is 18.3 Å². The summed E-state index contributed by atoms with van der Waals surface area (Å²) in [5.41, 5.74) is 0.673. The maximum atomic E-state index is 13.4. The third-order valence-electron chi connectivity index (χ3n) is 3.02. The third-order valence-corrected chi connectivity index (χ3v) is 3.02. The first-order chi connectivity index (χ1) is 9.40. The number of aryl methyl sites for hydroxylation is 1. The Labute approximate surface area is 113 Å². The van der Waals surface area contributed by atoms with E-state index in [1.807, 2.05) is 6.92 Å². The highest BCUT2D eigenvalue weighted by Gasteiger charge is 2.22. The fourth-order valence-corrected chi connectivity index (χ4v) is 1.79. The van der Waals surface area contributed by atoms with Gasteiger partial charge in [0.15, 0.2) is 0 Å². The average Bonchev–Trinajstić information content (AvgIpc) is 2.66. The molecule has 106 valence electrons. The fourth-order valence-electron chi connectivity index (χ4n) is 1.79. The average molecular weight is 282 g/mol. The van der Waals surface area contributed by atoms with Gasteiger partial charge in [-0.1, -0.05) is 0 Å². The molecule has 8 heteroatoms. The van der Waals surface area contributed by atoms with Crippen LogP contribution >= 0.6 is 0 Å². The van der Waals surface area contributed by atoms with Gasteiger partial charge in [-0.2, -0.15) is 9.49 Å². The molecule has 0 unspecified atom stereocenters. The number of aromatic nitrogens is 2. The Kier molecular flexibility index (Phi) is 3.64. The second-order valence-electron chi connectivity index (χ2n) is 4.27. The minimum absolute atomic E-state index is 0.184. The number of nitrogens with one attached hydrogen (secondary N) is 1. The summed E-state index contributed by atoms with van der Waals surface area (Å²) in [6.07, 6.45) is 1.59. The van der Waals surface area contributed by atoms with Crippen LogP contribution in [0.5, 0.6) is 0 Å². The SMILES string of the molecule is Cc1c(CNc2cc(F)cc(F)c2[N+](=O)[O-])cnn1C. The van der Waals surface area contributed by atoms with Gasteiger partial charge in [0.25, 0.3) is 0 Å². The van der Waals surface area contributed by atoms with Crippen LogP contribution < -0.4 is 5.32 Å². The zero-order valence-electron chi connectivity index (χ0n) is 10.9. The van der Waals surface area contributed by atoms with Gasteiger partial charge in [-0.3, -0.25) is 14.8 Å². The van der Waals surface area contributed by atoms with Crippen LogP contribution in [0, 0.1) is 28.7 Å². The van der Waals surface area contributed by atoms with E-state index < -0.39 is 22.2 Å². The summed E-state index contributed by atoms with van der Waals surface area (Å²) in [6.45, 7) is 2.01. The maximum absolute atomic E-state index is 13.4. The molecule has 1 aromatic heterocycles. The molecule has 6 nitrogen and oxygen atoms in total. The van der Waals surface area contributed by atoms with Crippen LogP contribution in [-0.2, 0) is 13.6 Å². The van der Waals surface area contributed by atoms with E-state index in [4.69, 9.17) is 0 Å². The van der Waals surface area contributed by atoms with Crippen molar-refractivity contribution in [3.8, 4) is 0 Å². The number of halogens is 2.